The minimum atomic E-state index is -0.359. The van der Waals surface area contributed by atoms with Crippen molar-refractivity contribution in [3.05, 3.63) is 36.0 Å². The molecule has 1 aromatic carbocycles. The Kier molecular flexibility index (Phi) is 5.11. The van der Waals surface area contributed by atoms with Crippen molar-refractivity contribution in [2.75, 3.05) is 13.1 Å². The lowest BCUT2D eigenvalue weighted by Gasteiger charge is -2.32. The summed E-state index contributed by atoms with van der Waals surface area (Å²) < 4.78 is 0. The topological polar surface area (TPSA) is 77.6 Å². The van der Waals surface area contributed by atoms with Gasteiger partial charge in [-0.2, -0.15) is 5.10 Å². The number of nitrogens with zero attached hydrogens (tertiary/aromatic N) is 2. The van der Waals surface area contributed by atoms with Crippen LogP contribution >= 0.6 is 0 Å². The van der Waals surface area contributed by atoms with Crippen LogP contribution in [0.4, 0.5) is 0 Å². The van der Waals surface area contributed by atoms with Crippen molar-refractivity contribution in [3.8, 4) is 0 Å². The molecule has 1 fully saturated rings. The molecule has 0 saturated carbocycles. The summed E-state index contributed by atoms with van der Waals surface area (Å²) in [6.45, 7) is 7.12. The number of hydrazone groups is 1. The molecule has 1 aromatic heterocycles. The number of amides is 2. The number of carbonyl (C=O) groups excluding carboxylic acids is 2. The number of rotatable bonds is 3. The standard InChI is InChI=1S/C20H26N4O2/c1-20(2,3)19(26)24-10-8-15(9-11-24)22-23-18(25)12-14-13-21-17-7-5-4-6-16(14)17/h4-7,13,21H,8-12H2,1-3H3,(H,23,25). The zero-order chi connectivity index (χ0) is 18.7. The van der Waals surface area contributed by atoms with Crippen LogP contribution in [0.15, 0.2) is 35.6 Å². The molecule has 138 valence electrons. The molecule has 6 nitrogen and oxygen atoms in total. The smallest absolute Gasteiger partial charge is 0.244 e. The number of carbonyl (C=O) groups is 2. The largest absolute Gasteiger partial charge is 0.361 e. The Morgan fingerprint density at radius 2 is 1.88 bits per heavy atom. The van der Waals surface area contributed by atoms with E-state index in [1.54, 1.807) is 0 Å². The van der Waals surface area contributed by atoms with Gasteiger partial charge in [0, 0.05) is 54.2 Å². The Labute approximate surface area is 153 Å². The number of para-hydroxylation sites is 1. The number of likely N-dealkylation sites (tertiary alicyclic amines) is 1. The van der Waals surface area contributed by atoms with Crippen molar-refractivity contribution in [2.24, 2.45) is 10.5 Å². The molecular weight excluding hydrogens is 328 g/mol. The second-order valence-electron chi connectivity index (χ2n) is 7.79. The maximum Gasteiger partial charge on any atom is 0.244 e. The Morgan fingerprint density at radius 1 is 1.19 bits per heavy atom. The fraction of sp³-hybridized carbons (Fsp3) is 0.450. The number of fused-ring (bicyclic) bond motifs is 1. The van der Waals surface area contributed by atoms with Gasteiger partial charge in [-0.05, 0) is 11.6 Å². The van der Waals surface area contributed by atoms with Crippen molar-refractivity contribution >= 4 is 28.4 Å². The highest BCUT2D eigenvalue weighted by molar-refractivity contribution is 5.91. The van der Waals surface area contributed by atoms with E-state index >= 15 is 0 Å². The van der Waals surface area contributed by atoms with E-state index in [-0.39, 0.29) is 23.7 Å². The first-order valence-corrected chi connectivity index (χ1v) is 9.03. The number of aromatic nitrogens is 1. The first-order chi connectivity index (χ1) is 12.3. The van der Waals surface area contributed by atoms with E-state index < -0.39 is 0 Å². The molecule has 0 radical (unpaired) electrons. The molecule has 3 rings (SSSR count). The molecule has 2 N–H and O–H groups in total. The highest BCUT2D eigenvalue weighted by Crippen LogP contribution is 2.20. The van der Waals surface area contributed by atoms with Crippen LogP contribution in [0.1, 0.15) is 39.2 Å². The number of aromatic amines is 1. The number of nitrogens with one attached hydrogen (secondary N) is 2. The molecule has 2 aromatic rings. The van der Waals surface area contributed by atoms with Crippen molar-refractivity contribution in [1.82, 2.24) is 15.3 Å². The molecule has 1 aliphatic rings. The Balaban J connectivity index is 1.53. The Bertz CT molecular complexity index is 835. The van der Waals surface area contributed by atoms with Crippen LogP contribution in [0.2, 0.25) is 0 Å². The van der Waals surface area contributed by atoms with Gasteiger partial charge in [0.05, 0.1) is 6.42 Å². The minimum absolute atomic E-state index is 0.129. The maximum absolute atomic E-state index is 12.3. The lowest BCUT2D eigenvalue weighted by atomic mass is 9.93. The van der Waals surface area contributed by atoms with Crippen molar-refractivity contribution in [1.29, 1.82) is 0 Å². The van der Waals surface area contributed by atoms with Gasteiger partial charge in [-0.25, -0.2) is 5.43 Å². The molecule has 0 atom stereocenters. The summed E-state index contributed by atoms with van der Waals surface area (Å²) in [5.74, 6) is 0.0374. The fourth-order valence-corrected chi connectivity index (χ4v) is 3.19. The highest BCUT2D eigenvalue weighted by atomic mass is 16.2. The third-order valence-corrected chi connectivity index (χ3v) is 4.63. The fourth-order valence-electron chi connectivity index (χ4n) is 3.19. The number of hydrogen-bond donors (Lipinski definition) is 2. The third-order valence-electron chi connectivity index (χ3n) is 4.63. The molecule has 0 bridgehead atoms. The Morgan fingerprint density at radius 3 is 2.58 bits per heavy atom. The number of hydrogen-bond acceptors (Lipinski definition) is 3. The van der Waals surface area contributed by atoms with Gasteiger partial charge >= 0.3 is 0 Å². The monoisotopic (exact) mass is 354 g/mol. The van der Waals surface area contributed by atoms with Crippen LogP contribution in [0.5, 0.6) is 0 Å². The van der Waals surface area contributed by atoms with E-state index in [9.17, 15) is 9.59 Å². The molecule has 26 heavy (non-hydrogen) atoms. The van der Waals surface area contributed by atoms with Gasteiger partial charge in [-0.15, -0.1) is 0 Å². The zero-order valence-corrected chi connectivity index (χ0v) is 15.6. The van der Waals surface area contributed by atoms with Gasteiger partial charge < -0.3 is 9.88 Å². The van der Waals surface area contributed by atoms with Crippen molar-refractivity contribution in [3.63, 3.8) is 0 Å². The van der Waals surface area contributed by atoms with Crippen LogP contribution in [-0.4, -0.2) is 40.5 Å². The van der Waals surface area contributed by atoms with E-state index in [0.29, 0.717) is 25.9 Å². The Hall–Kier alpha value is -2.63. The van der Waals surface area contributed by atoms with Crippen LogP contribution in [0.3, 0.4) is 0 Å². The van der Waals surface area contributed by atoms with Gasteiger partial charge in [0.25, 0.3) is 0 Å². The third kappa shape index (κ3) is 4.12. The van der Waals surface area contributed by atoms with E-state index in [1.165, 1.54) is 0 Å². The van der Waals surface area contributed by atoms with Gasteiger partial charge in [0.1, 0.15) is 0 Å². The van der Waals surface area contributed by atoms with Gasteiger partial charge in [0.2, 0.25) is 11.8 Å². The first kappa shape index (κ1) is 18.2. The normalized spacial score (nSPS) is 15.2. The average molecular weight is 354 g/mol. The predicted molar refractivity (Wildman–Crippen MR) is 103 cm³/mol. The minimum Gasteiger partial charge on any atom is -0.361 e. The first-order valence-electron chi connectivity index (χ1n) is 9.03. The molecule has 2 heterocycles. The molecule has 1 saturated heterocycles. The second-order valence-corrected chi connectivity index (χ2v) is 7.79. The summed E-state index contributed by atoms with van der Waals surface area (Å²) in [4.78, 5) is 29.5. The lowest BCUT2D eigenvalue weighted by molar-refractivity contribution is -0.139. The van der Waals surface area contributed by atoms with Crippen LogP contribution in [-0.2, 0) is 16.0 Å². The molecule has 6 heteroatoms. The van der Waals surface area contributed by atoms with E-state index in [4.69, 9.17) is 0 Å². The summed E-state index contributed by atoms with van der Waals surface area (Å²) in [6, 6.07) is 7.92. The zero-order valence-electron chi connectivity index (χ0n) is 15.6. The quantitative estimate of drug-likeness (QED) is 0.832. The summed E-state index contributed by atoms with van der Waals surface area (Å²) >= 11 is 0. The van der Waals surface area contributed by atoms with Crippen molar-refractivity contribution in [2.45, 2.75) is 40.0 Å². The molecule has 1 aliphatic heterocycles. The number of H-pyrrole nitrogens is 1. The second kappa shape index (κ2) is 7.32. The average Bonchev–Trinajstić information content (AvgIpc) is 3.02. The highest BCUT2D eigenvalue weighted by Gasteiger charge is 2.29. The molecule has 0 unspecified atom stereocenters. The molecular formula is C20H26N4O2. The number of benzene rings is 1. The van der Waals surface area contributed by atoms with Gasteiger partial charge in [0.15, 0.2) is 0 Å². The summed E-state index contributed by atoms with van der Waals surface area (Å²) in [7, 11) is 0. The summed E-state index contributed by atoms with van der Waals surface area (Å²) in [5.41, 5.74) is 5.23. The lowest BCUT2D eigenvalue weighted by Crippen LogP contribution is -2.44. The van der Waals surface area contributed by atoms with E-state index in [0.717, 1.165) is 22.2 Å². The van der Waals surface area contributed by atoms with Crippen molar-refractivity contribution < 1.29 is 9.59 Å². The molecule has 0 spiro atoms. The summed E-state index contributed by atoms with van der Waals surface area (Å²) in [5, 5.41) is 5.33. The van der Waals surface area contributed by atoms with E-state index in [2.05, 4.69) is 15.5 Å². The SMILES string of the molecule is CC(C)(C)C(=O)N1CCC(=NNC(=O)Cc2c[nH]c3ccccc23)CC1. The van der Waals surface area contributed by atoms with Crippen LogP contribution < -0.4 is 5.43 Å². The van der Waals surface area contributed by atoms with E-state index in [1.807, 2.05) is 56.1 Å². The molecule has 0 aliphatic carbocycles. The van der Waals surface area contributed by atoms with Gasteiger partial charge in [-0.1, -0.05) is 39.0 Å². The van der Waals surface area contributed by atoms with Crippen LogP contribution in [0, 0.1) is 5.41 Å². The maximum atomic E-state index is 12.3. The summed E-state index contributed by atoms with van der Waals surface area (Å²) in [6.07, 6.45) is 3.56. The predicted octanol–water partition coefficient (Wildman–Crippen LogP) is 2.85. The number of piperidine rings is 1. The van der Waals surface area contributed by atoms with Gasteiger partial charge in [-0.3, -0.25) is 9.59 Å². The van der Waals surface area contributed by atoms with Crippen LogP contribution in [0.25, 0.3) is 10.9 Å². The molecule has 2 amide bonds.